The number of halogens is 5. The molecule has 6 heteroatoms. The molecule has 0 saturated heterocycles. The van der Waals surface area contributed by atoms with Crippen molar-refractivity contribution in [2.75, 3.05) is 7.11 Å². The van der Waals surface area contributed by atoms with Gasteiger partial charge in [-0.25, -0.2) is 22.0 Å². The highest BCUT2D eigenvalue weighted by Gasteiger charge is 2.39. The highest BCUT2D eigenvalue weighted by Crippen LogP contribution is 2.45. The first-order chi connectivity index (χ1) is 14.7. The van der Waals surface area contributed by atoms with Crippen LogP contribution in [0.4, 0.5) is 22.0 Å². The second-order valence-corrected chi connectivity index (χ2v) is 9.57. The summed E-state index contributed by atoms with van der Waals surface area (Å²) in [6.07, 6.45) is 10.5. The molecule has 0 radical (unpaired) electrons. The van der Waals surface area contributed by atoms with Crippen molar-refractivity contribution in [1.29, 1.82) is 0 Å². The van der Waals surface area contributed by atoms with E-state index >= 15 is 0 Å². The van der Waals surface area contributed by atoms with Crippen LogP contribution in [0.25, 0.3) is 0 Å². The first kappa shape index (κ1) is 26.1. The highest BCUT2D eigenvalue weighted by molar-refractivity contribution is 5.28. The van der Waals surface area contributed by atoms with E-state index in [4.69, 9.17) is 4.74 Å². The van der Waals surface area contributed by atoms with Crippen molar-refractivity contribution < 1.29 is 26.7 Å². The molecule has 0 bridgehead atoms. The lowest BCUT2D eigenvalue weighted by atomic mass is 9.68. The molecule has 0 aliphatic heterocycles. The molecule has 1 fully saturated rings. The van der Waals surface area contributed by atoms with Gasteiger partial charge in [-0.1, -0.05) is 45.4 Å². The Bertz CT molecular complexity index is 681. The van der Waals surface area contributed by atoms with Crippen molar-refractivity contribution in [3.63, 3.8) is 0 Å². The van der Waals surface area contributed by atoms with Gasteiger partial charge in [0.2, 0.25) is 5.82 Å². The van der Waals surface area contributed by atoms with E-state index in [0.29, 0.717) is 37.5 Å². The van der Waals surface area contributed by atoms with Crippen LogP contribution in [-0.4, -0.2) is 12.7 Å². The Balaban J connectivity index is 2.06. The Morgan fingerprint density at radius 2 is 1.26 bits per heavy atom. The Labute approximate surface area is 183 Å². The van der Waals surface area contributed by atoms with Crippen LogP contribution >= 0.6 is 0 Å². The molecule has 2 rings (SSSR count). The van der Waals surface area contributed by atoms with Crippen LogP contribution in [0.1, 0.15) is 103 Å². The molecule has 178 valence electrons. The fourth-order valence-electron chi connectivity index (χ4n) is 5.24. The Morgan fingerprint density at radius 3 is 1.77 bits per heavy atom. The normalized spacial score (nSPS) is 20.8. The maximum Gasteiger partial charge on any atom is 0.200 e. The molecule has 1 aliphatic carbocycles. The monoisotopic (exact) mass is 448 g/mol. The smallest absolute Gasteiger partial charge is 0.200 e. The Morgan fingerprint density at radius 1 is 0.774 bits per heavy atom. The Hall–Kier alpha value is -1.17. The molecule has 1 atom stereocenters. The predicted molar refractivity (Wildman–Crippen MR) is 114 cm³/mol. The van der Waals surface area contributed by atoms with Crippen molar-refractivity contribution in [2.45, 2.75) is 103 Å². The van der Waals surface area contributed by atoms with Crippen LogP contribution in [0.5, 0.6) is 0 Å². The minimum atomic E-state index is -2.09. The lowest BCUT2D eigenvalue weighted by molar-refractivity contribution is -0.0597. The summed E-state index contributed by atoms with van der Waals surface area (Å²) in [6.45, 7) is 6.34. The highest BCUT2D eigenvalue weighted by atomic mass is 19.2. The fourth-order valence-corrected chi connectivity index (χ4v) is 5.24. The maximum absolute atomic E-state index is 14.2. The van der Waals surface area contributed by atoms with E-state index in [-0.39, 0.29) is 5.60 Å². The zero-order valence-corrected chi connectivity index (χ0v) is 19.3. The second-order valence-electron chi connectivity index (χ2n) is 9.57. The first-order valence-electron chi connectivity index (χ1n) is 11.7. The average molecular weight is 449 g/mol. The third kappa shape index (κ3) is 6.21. The average Bonchev–Trinajstić information content (AvgIpc) is 2.76. The number of ether oxygens (including phenoxy) is 1. The van der Waals surface area contributed by atoms with Gasteiger partial charge in [-0.15, -0.1) is 0 Å². The van der Waals surface area contributed by atoms with E-state index in [1.54, 1.807) is 7.11 Å². The van der Waals surface area contributed by atoms with Crippen molar-refractivity contribution in [3.8, 4) is 0 Å². The minimum Gasteiger partial charge on any atom is -0.379 e. The van der Waals surface area contributed by atoms with E-state index in [1.807, 2.05) is 0 Å². The van der Waals surface area contributed by atoms with Gasteiger partial charge in [0.15, 0.2) is 23.3 Å². The van der Waals surface area contributed by atoms with Gasteiger partial charge >= 0.3 is 0 Å². The standard InChI is InChI=1S/C25H37F5O/c1-5-6-7-8-9-10-11-18(25(2,3)31-4)16-12-14-17(15-13-16)19-20(26)22(28)24(30)23(29)21(19)27/h16-18H,5-15H2,1-4H3. The molecule has 0 spiro atoms. The number of unbranched alkanes of at least 4 members (excludes halogenated alkanes) is 5. The molecule has 1 aromatic rings. The summed E-state index contributed by atoms with van der Waals surface area (Å²) < 4.78 is 74.9. The molecule has 0 N–H and O–H groups in total. The summed E-state index contributed by atoms with van der Waals surface area (Å²) in [5, 5.41) is 0. The SMILES string of the molecule is CCCCCCCCC(C1CCC(c2c(F)c(F)c(F)c(F)c2F)CC1)C(C)(C)OC. The summed E-state index contributed by atoms with van der Waals surface area (Å²) in [7, 11) is 1.70. The number of hydrogen-bond donors (Lipinski definition) is 0. The first-order valence-corrected chi connectivity index (χ1v) is 11.7. The van der Waals surface area contributed by atoms with Gasteiger partial charge in [-0.2, -0.15) is 0 Å². The van der Waals surface area contributed by atoms with Crippen LogP contribution in [0, 0.1) is 40.9 Å². The van der Waals surface area contributed by atoms with Gasteiger partial charge in [-0.05, 0) is 63.7 Å². The van der Waals surface area contributed by atoms with Crippen molar-refractivity contribution in [3.05, 3.63) is 34.6 Å². The van der Waals surface area contributed by atoms with Crippen molar-refractivity contribution >= 4 is 0 Å². The van der Waals surface area contributed by atoms with Crippen molar-refractivity contribution in [2.24, 2.45) is 11.8 Å². The van der Waals surface area contributed by atoms with Crippen LogP contribution in [0.2, 0.25) is 0 Å². The number of methoxy groups -OCH3 is 1. The molecular weight excluding hydrogens is 411 g/mol. The van der Waals surface area contributed by atoms with Crippen molar-refractivity contribution in [1.82, 2.24) is 0 Å². The van der Waals surface area contributed by atoms with Crippen LogP contribution in [-0.2, 0) is 4.74 Å². The maximum atomic E-state index is 14.2. The molecule has 1 nitrogen and oxygen atoms in total. The van der Waals surface area contributed by atoms with E-state index < -0.39 is 40.6 Å². The van der Waals surface area contributed by atoms with E-state index in [0.717, 1.165) is 12.8 Å². The summed E-state index contributed by atoms with van der Waals surface area (Å²) in [5.74, 6) is -9.20. The third-order valence-corrected chi connectivity index (χ3v) is 7.28. The number of hydrogen-bond acceptors (Lipinski definition) is 1. The van der Waals surface area contributed by atoms with E-state index in [9.17, 15) is 22.0 Å². The quantitative estimate of drug-likeness (QED) is 0.143. The number of rotatable bonds is 11. The summed E-state index contributed by atoms with van der Waals surface area (Å²) in [4.78, 5) is 0. The molecule has 1 aromatic carbocycles. The van der Waals surface area contributed by atoms with Crippen LogP contribution < -0.4 is 0 Å². The summed E-state index contributed by atoms with van der Waals surface area (Å²) in [6, 6.07) is 0. The van der Waals surface area contributed by atoms with Gasteiger partial charge < -0.3 is 4.74 Å². The van der Waals surface area contributed by atoms with Crippen LogP contribution in [0.15, 0.2) is 0 Å². The zero-order valence-electron chi connectivity index (χ0n) is 19.3. The molecule has 1 aliphatic rings. The van der Waals surface area contributed by atoms with Crippen LogP contribution in [0.3, 0.4) is 0 Å². The topological polar surface area (TPSA) is 9.23 Å². The largest absolute Gasteiger partial charge is 0.379 e. The lowest BCUT2D eigenvalue weighted by Gasteiger charge is -2.42. The molecule has 31 heavy (non-hydrogen) atoms. The number of benzene rings is 1. The molecule has 1 saturated carbocycles. The molecule has 0 amide bonds. The third-order valence-electron chi connectivity index (χ3n) is 7.28. The van der Waals surface area contributed by atoms with E-state index in [1.165, 1.54) is 32.1 Å². The summed E-state index contributed by atoms with van der Waals surface area (Å²) >= 11 is 0. The van der Waals surface area contributed by atoms with Gasteiger partial charge in [0.05, 0.1) is 5.60 Å². The van der Waals surface area contributed by atoms with Gasteiger partial charge in [0.25, 0.3) is 0 Å². The zero-order chi connectivity index (χ0) is 23.2. The second kappa shape index (κ2) is 11.6. The fraction of sp³-hybridized carbons (Fsp3) is 0.760. The van der Waals surface area contributed by atoms with Gasteiger partial charge in [0, 0.05) is 12.7 Å². The molecule has 0 aromatic heterocycles. The van der Waals surface area contributed by atoms with Gasteiger partial charge in [-0.3, -0.25) is 0 Å². The van der Waals surface area contributed by atoms with E-state index in [2.05, 4.69) is 20.8 Å². The Kier molecular flexibility index (Phi) is 9.78. The molecular formula is C25H37F5O. The summed E-state index contributed by atoms with van der Waals surface area (Å²) in [5.41, 5.74) is -0.973. The molecule has 1 unspecified atom stereocenters. The minimum absolute atomic E-state index is 0.293. The molecule has 0 heterocycles. The lowest BCUT2D eigenvalue weighted by Crippen LogP contribution is -2.39. The van der Waals surface area contributed by atoms with Gasteiger partial charge in [0.1, 0.15) is 0 Å². The predicted octanol–water partition coefficient (Wildman–Crippen LogP) is 8.45.